The van der Waals surface area contributed by atoms with Gasteiger partial charge in [-0.1, -0.05) is 133 Å². The van der Waals surface area contributed by atoms with E-state index in [1.807, 2.05) is 0 Å². The summed E-state index contributed by atoms with van der Waals surface area (Å²) in [5.41, 5.74) is 19.2. The SMILES string of the molecule is Cc1cc(-c2ccccc2)ccc1N(c1cc(C)c(-c2ccccc2)c(C)c1)c1cc(-c2cccc(-n3c4ccccc4c4ccccc43)c2)c2oc3ccccc3c2c1. The molecule has 0 saturated carbocycles. The summed E-state index contributed by atoms with van der Waals surface area (Å²) >= 11 is 0. The molecule has 2 aromatic heterocycles. The lowest BCUT2D eigenvalue weighted by Crippen LogP contribution is -2.12. The van der Waals surface area contributed by atoms with Crippen LogP contribution in [0.4, 0.5) is 17.1 Å². The van der Waals surface area contributed by atoms with Crippen LogP contribution in [-0.4, -0.2) is 4.57 Å². The number of hydrogen-bond donors (Lipinski definition) is 0. The van der Waals surface area contributed by atoms with Gasteiger partial charge in [-0.3, -0.25) is 0 Å². The molecule has 3 heteroatoms. The van der Waals surface area contributed by atoms with E-state index >= 15 is 0 Å². The molecule has 0 radical (unpaired) electrons. The second-order valence-corrected chi connectivity index (χ2v) is 15.9. The van der Waals surface area contributed by atoms with E-state index in [0.717, 1.165) is 55.8 Å². The van der Waals surface area contributed by atoms with E-state index in [0.29, 0.717) is 0 Å². The maximum absolute atomic E-state index is 6.82. The highest BCUT2D eigenvalue weighted by molar-refractivity contribution is 6.12. The predicted molar refractivity (Wildman–Crippen MR) is 253 cm³/mol. The molecule has 0 unspecified atom stereocenters. The molecule has 0 aliphatic carbocycles. The Balaban J connectivity index is 1.16. The number of aromatic nitrogens is 1. The van der Waals surface area contributed by atoms with Crippen molar-refractivity contribution in [1.29, 1.82) is 0 Å². The number of anilines is 3. The maximum atomic E-state index is 6.82. The van der Waals surface area contributed by atoms with Gasteiger partial charge < -0.3 is 13.9 Å². The van der Waals surface area contributed by atoms with Gasteiger partial charge in [0.15, 0.2) is 0 Å². The van der Waals surface area contributed by atoms with Gasteiger partial charge in [0.2, 0.25) is 0 Å². The summed E-state index contributed by atoms with van der Waals surface area (Å²) in [5, 5.41) is 4.66. The fraction of sp³-hybridized carbons (Fsp3) is 0.0526. The summed E-state index contributed by atoms with van der Waals surface area (Å²) in [6.07, 6.45) is 0. The van der Waals surface area contributed by atoms with Gasteiger partial charge in [-0.15, -0.1) is 0 Å². The third-order valence-corrected chi connectivity index (χ3v) is 12.1. The van der Waals surface area contributed by atoms with Gasteiger partial charge in [-0.2, -0.15) is 0 Å². The average molecular weight is 771 g/mol. The van der Waals surface area contributed by atoms with Gasteiger partial charge in [0, 0.05) is 49.9 Å². The predicted octanol–water partition coefficient (Wildman–Crippen LogP) is 16.1. The Morgan fingerprint density at radius 3 is 1.67 bits per heavy atom. The van der Waals surface area contributed by atoms with Crippen LogP contribution in [-0.2, 0) is 0 Å². The first-order valence-electron chi connectivity index (χ1n) is 20.7. The lowest BCUT2D eigenvalue weighted by Gasteiger charge is -2.29. The van der Waals surface area contributed by atoms with E-state index in [4.69, 9.17) is 4.42 Å². The van der Waals surface area contributed by atoms with E-state index < -0.39 is 0 Å². The molecule has 286 valence electrons. The van der Waals surface area contributed by atoms with E-state index in [9.17, 15) is 0 Å². The zero-order valence-corrected chi connectivity index (χ0v) is 33.9. The summed E-state index contributed by atoms with van der Waals surface area (Å²) in [4.78, 5) is 2.44. The monoisotopic (exact) mass is 770 g/mol. The molecule has 3 nitrogen and oxygen atoms in total. The van der Waals surface area contributed by atoms with Crippen LogP contribution >= 0.6 is 0 Å². The van der Waals surface area contributed by atoms with Gasteiger partial charge in [-0.05, 0) is 132 Å². The number of aryl methyl sites for hydroxylation is 3. The third-order valence-electron chi connectivity index (χ3n) is 12.1. The van der Waals surface area contributed by atoms with Crippen LogP contribution in [0.15, 0.2) is 205 Å². The summed E-state index contributed by atoms with van der Waals surface area (Å²) in [6.45, 7) is 6.70. The lowest BCUT2D eigenvalue weighted by atomic mass is 9.94. The molecule has 11 aromatic rings. The van der Waals surface area contributed by atoms with Gasteiger partial charge >= 0.3 is 0 Å². The van der Waals surface area contributed by atoms with Crippen molar-refractivity contribution in [2.45, 2.75) is 20.8 Å². The molecule has 0 spiro atoms. The van der Waals surface area contributed by atoms with Crippen molar-refractivity contribution in [3.8, 4) is 39.1 Å². The van der Waals surface area contributed by atoms with E-state index in [1.165, 1.54) is 60.8 Å². The molecule has 0 saturated heterocycles. The molecule has 0 aliphatic rings. The second-order valence-electron chi connectivity index (χ2n) is 15.9. The van der Waals surface area contributed by atoms with Gasteiger partial charge in [-0.25, -0.2) is 0 Å². The third kappa shape index (κ3) is 5.89. The summed E-state index contributed by atoms with van der Waals surface area (Å²) in [5.74, 6) is 0. The van der Waals surface area contributed by atoms with Crippen LogP contribution in [0, 0.1) is 20.8 Å². The Kier molecular flexibility index (Phi) is 8.49. The number of benzene rings is 9. The van der Waals surface area contributed by atoms with Crippen molar-refractivity contribution in [3.63, 3.8) is 0 Å². The number of rotatable bonds is 7. The molecule has 0 bridgehead atoms. The number of nitrogens with zero attached hydrogens (tertiary/aromatic N) is 2. The minimum Gasteiger partial charge on any atom is -0.455 e. The molecular formula is C57H42N2O. The Bertz CT molecular complexity index is 3330. The standard InChI is InChI=1S/C57H42N2O/c1-37-31-42(40-17-6-4-7-18-40)29-30-52(37)58(45-32-38(2)56(39(3)33-45)41-19-8-5-9-20-41)46-35-50(57-51(36-46)49-25-12-15-28-55(49)60-57)43-21-16-22-44(34-43)59-53-26-13-10-23-47(53)48-24-11-14-27-54(48)59/h4-36H,1-3H3. The molecule has 9 aromatic carbocycles. The fourth-order valence-electron chi connectivity index (χ4n) is 9.44. The summed E-state index contributed by atoms with van der Waals surface area (Å²) in [6, 6.07) is 72.3. The van der Waals surface area contributed by atoms with Crippen molar-refractivity contribution in [2.24, 2.45) is 0 Å². The maximum Gasteiger partial charge on any atom is 0.143 e. The van der Waals surface area contributed by atoms with Crippen LogP contribution in [0.1, 0.15) is 16.7 Å². The normalized spacial score (nSPS) is 11.6. The Morgan fingerprint density at radius 2 is 0.983 bits per heavy atom. The Hall–Kier alpha value is -7.62. The van der Waals surface area contributed by atoms with E-state index in [-0.39, 0.29) is 0 Å². The molecule has 60 heavy (non-hydrogen) atoms. The van der Waals surface area contributed by atoms with Crippen LogP contribution in [0.3, 0.4) is 0 Å². The number of fused-ring (bicyclic) bond motifs is 6. The van der Waals surface area contributed by atoms with E-state index in [2.05, 4.69) is 230 Å². The van der Waals surface area contributed by atoms with Crippen LogP contribution in [0.5, 0.6) is 0 Å². The molecule has 0 fully saturated rings. The van der Waals surface area contributed by atoms with Gasteiger partial charge in [0.25, 0.3) is 0 Å². The highest BCUT2D eigenvalue weighted by Gasteiger charge is 2.23. The summed E-state index contributed by atoms with van der Waals surface area (Å²) in [7, 11) is 0. The van der Waals surface area contributed by atoms with Gasteiger partial charge in [0.1, 0.15) is 11.2 Å². The topological polar surface area (TPSA) is 21.3 Å². The quantitative estimate of drug-likeness (QED) is 0.161. The lowest BCUT2D eigenvalue weighted by molar-refractivity contribution is 0.670. The average Bonchev–Trinajstić information content (AvgIpc) is 3.83. The van der Waals surface area contributed by atoms with Crippen LogP contribution in [0.25, 0.3) is 82.8 Å². The molecule has 2 heterocycles. The molecule has 0 aliphatic heterocycles. The highest BCUT2D eigenvalue weighted by Crippen LogP contribution is 2.46. The Morgan fingerprint density at radius 1 is 0.400 bits per heavy atom. The summed E-state index contributed by atoms with van der Waals surface area (Å²) < 4.78 is 9.21. The molecule has 11 rings (SSSR count). The van der Waals surface area contributed by atoms with Crippen molar-refractivity contribution in [2.75, 3.05) is 4.90 Å². The van der Waals surface area contributed by atoms with Crippen molar-refractivity contribution >= 4 is 60.8 Å². The molecular weight excluding hydrogens is 729 g/mol. The zero-order valence-electron chi connectivity index (χ0n) is 33.9. The smallest absolute Gasteiger partial charge is 0.143 e. The first kappa shape index (κ1) is 35.5. The first-order valence-corrected chi connectivity index (χ1v) is 20.7. The van der Waals surface area contributed by atoms with Crippen molar-refractivity contribution in [1.82, 2.24) is 4.57 Å². The number of para-hydroxylation sites is 3. The largest absolute Gasteiger partial charge is 0.455 e. The Labute approximate surface area is 350 Å². The molecule has 0 atom stereocenters. The zero-order chi connectivity index (χ0) is 40.3. The van der Waals surface area contributed by atoms with E-state index in [1.54, 1.807) is 0 Å². The minimum atomic E-state index is 0.873. The second kappa shape index (κ2) is 14.3. The van der Waals surface area contributed by atoms with Crippen LogP contribution < -0.4 is 4.90 Å². The van der Waals surface area contributed by atoms with Crippen molar-refractivity contribution in [3.05, 3.63) is 217 Å². The van der Waals surface area contributed by atoms with Crippen LogP contribution in [0.2, 0.25) is 0 Å². The number of furan rings is 1. The highest BCUT2D eigenvalue weighted by atomic mass is 16.3. The first-order chi connectivity index (χ1) is 29.5. The van der Waals surface area contributed by atoms with Gasteiger partial charge in [0.05, 0.1) is 11.0 Å². The number of hydrogen-bond acceptors (Lipinski definition) is 2. The molecule has 0 amide bonds. The minimum absolute atomic E-state index is 0.873. The molecule has 0 N–H and O–H groups in total. The van der Waals surface area contributed by atoms with Crippen molar-refractivity contribution < 1.29 is 4.42 Å². The fourth-order valence-corrected chi connectivity index (χ4v) is 9.44.